The van der Waals surface area contributed by atoms with Gasteiger partial charge >= 0.3 is 0 Å². The van der Waals surface area contributed by atoms with Gasteiger partial charge in [0.05, 0.1) is 0 Å². The summed E-state index contributed by atoms with van der Waals surface area (Å²) >= 11 is 0. The molecule has 0 spiro atoms. The summed E-state index contributed by atoms with van der Waals surface area (Å²) in [7, 11) is 0. The minimum atomic E-state index is -0.464. The van der Waals surface area contributed by atoms with Crippen LogP contribution in [0.25, 0.3) is 0 Å². The van der Waals surface area contributed by atoms with Crippen LogP contribution in [0.3, 0.4) is 0 Å². The van der Waals surface area contributed by atoms with Gasteiger partial charge in [0.25, 0.3) is 0 Å². The molecule has 2 aromatic rings. The number of amides is 1. The molecule has 0 radical (unpaired) electrons. The maximum Gasteiger partial charge on any atom is 0.242 e. The number of rotatable bonds is 7. The third-order valence-electron chi connectivity index (χ3n) is 8.04. The van der Waals surface area contributed by atoms with Crippen LogP contribution in [0.1, 0.15) is 43.4 Å². The molecule has 4 bridgehead atoms. The maximum absolute atomic E-state index is 13.9. The van der Waals surface area contributed by atoms with E-state index in [2.05, 4.69) is 90.9 Å². The highest BCUT2D eigenvalue weighted by Crippen LogP contribution is 2.53. The van der Waals surface area contributed by atoms with Gasteiger partial charge in [-0.2, -0.15) is 0 Å². The van der Waals surface area contributed by atoms with Crippen molar-refractivity contribution in [3.05, 3.63) is 71.3 Å². The number of nitrogens with one attached hydrogen (secondary N) is 2. The molecule has 170 valence electrons. The molecule has 32 heavy (non-hydrogen) atoms. The van der Waals surface area contributed by atoms with Gasteiger partial charge in [-0.15, -0.1) is 0 Å². The van der Waals surface area contributed by atoms with Crippen LogP contribution in [-0.4, -0.2) is 41.5 Å². The average molecular weight is 432 g/mol. The topological polar surface area (TPSA) is 44.4 Å². The predicted octanol–water partition coefficient (Wildman–Crippen LogP) is 3.93. The number of piperidine rings is 2. The Morgan fingerprint density at radius 1 is 1.09 bits per heavy atom. The van der Waals surface area contributed by atoms with Crippen molar-refractivity contribution >= 4 is 5.91 Å². The fraction of sp³-hybridized carbons (Fsp3) is 0.536. The van der Waals surface area contributed by atoms with Crippen molar-refractivity contribution in [1.29, 1.82) is 0 Å². The maximum atomic E-state index is 13.9. The van der Waals surface area contributed by atoms with E-state index in [4.69, 9.17) is 0 Å². The molecule has 5 atom stereocenters. The first kappa shape index (κ1) is 21.7. The highest BCUT2D eigenvalue weighted by atomic mass is 16.2. The Hall–Kier alpha value is -2.17. The van der Waals surface area contributed by atoms with Gasteiger partial charge in [0.15, 0.2) is 0 Å². The number of fused-ring (bicyclic) bond motifs is 1. The van der Waals surface area contributed by atoms with E-state index in [-0.39, 0.29) is 11.9 Å². The van der Waals surface area contributed by atoms with Gasteiger partial charge in [-0.05, 0) is 55.7 Å². The quantitative estimate of drug-likeness (QED) is 0.698. The number of likely N-dealkylation sites (tertiary alicyclic amines) is 1. The zero-order valence-corrected chi connectivity index (χ0v) is 19.7. The van der Waals surface area contributed by atoms with Crippen LogP contribution in [0.5, 0.6) is 0 Å². The normalized spacial score (nSPS) is 31.2. The molecule has 4 fully saturated rings. The summed E-state index contributed by atoms with van der Waals surface area (Å²) in [5.74, 6) is 1.83. The molecular weight excluding hydrogens is 394 g/mol. The summed E-state index contributed by atoms with van der Waals surface area (Å²) in [5, 5.41) is 7.14. The van der Waals surface area contributed by atoms with Crippen molar-refractivity contribution in [2.45, 2.75) is 64.2 Å². The predicted molar refractivity (Wildman–Crippen MR) is 129 cm³/mol. The molecule has 1 aliphatic carbocycles. The van der Waals surface area contributed by atoms with Crippen LogP contribution in [0, 0.1) is 24.7 Å². The molecule has 5 unspecified atom stereocenters. The minimum Gasteiger partial charge on any atom is -0.350 e. The molecule has 4 heteroatoms. The Morgan fingerprint density at radius 2 is 1.84 bits per heavy atom. The Morgan fingerprint density at radius 3 is 2.56 bits per heavy atom. The molecule has 4 aliphatic rings. The van der Waals surface area contributed by atoms with E-state index in [9.17, 15) is 4.79 Å². The molecule has 3 saturated heterocycles. The first-order chi connectivity index (χ1) is 15.5. The van der Waals surface area contributed by atoms with E-state index in [1.807, 2.05) is 0 Å². The molecule has 2 aromatic carbocycles. The van der Waals surface area contributed by atoms with E-state index in [0.29, 0.717) is 30.3 Å². The number of hydrogen-bond donors (Lipinski definition) is 2. The highest BCUT2D eigenvalue weighted by Gasteiger charge is 2.67. The molecule has 6 rings (SSSR count). The molecule has 3 aliphatic heterocycles. The Labute approximate surface area is 192 Å². The fourth-order valence-corrected chi connectivity index (χ4v) is 6.67. The van der Waals surface area contributed by atoms with Crippen molar-refractivity contribution < 1.29 is 4.79 Å². The molecule has 4 nitrogen and oxygen atoms in total. The van der Waals surface area contributed by atoms with Crippen LogP contribution in [0.4, 0.5) is 0 Å². The Kier molecular flexibility index (Phi) is 5.85. The van der Waals surface area contributed by atoms with Gasteiger partial charge in [0, 0.05) is 31.1 Å². The molecule has 0 aromatic heterocycles. The van der Waals surface area contributed by atoms with Gasteiger partial charge in [0.2, 0.25) is 5.91 Å². The number of carbonyl (C=O) groups is 1. The van der Waals surface area contributed by atoms with E-state index < -0.39 is 5.54 Å². The van der Waals surface area contributed by atoms with E-state index >= 15 is 0 Å². The molecule has 2 N–H and O–H groups in total. The lowest BCUT2D eigenvalue weighted by Crippen LogP contribution is -2.73. The summed E-state index contributed by atoms with van der Waals surface area (Å²) in [6.07, 6.45) is 3.32. The number of nitrogens with zero attached hydrogens (tertiary/aromatic N) is 1. The lowest BCUT2D eigenvalue weighted by molar-refractivity contribution is -0.135. The number of benzene rings is 2. The van der Waals surface area contributed by atoms with Crippen molar-refractivity contribution in [3.63, 3.8) is 0 Å². The monoisotopic (exact) mass is 431 g/mol. The van der Waals surface area contributed by atoms with Crippen molar-refractivity contribution in [3.8, 4) is 0 Å². The van der Waals surface area contributed by atoms with E-state index in [1.54, 1.807) is 0 Å². The Balaban J connectivity index is 1.43. The van der Waals surface area contributed by atoms with Gasteiger partial charge in [-0.25, -0.2) is 0 Å². The number of aryl methyl sites for hydroxylation is 1. The number of hydrogen-bond acceptors (Lipinski definition) is 3. The van der Waals surface area contributed by atoms with Gasteiger partial charge in [-0.1, -0.05) is 74.0 Å². The van der Waals surface area contributed by atoms with Crippen LogP contribution in [-0.2, 0) is 17.8 Å². The molecule has 1 saturated carbocycles. The second-order valence-electron chi connectivity index (χ2n) is 10.7. The van der Waals surface area contributed by atoms with Crippen LogP contribution < -0.4 is 10.6 Å². The number of carbonyl (C=O) groups excluding carboxylic acids is 1. The lowest BCUT2D eigenvalue weighted by Gasteiger charge is -2.52. The van der Waals surface area contributed by atoms with Gasteiger partial charge in [-0.3, -0.25) is 9.69 Å². The summed E-state index contributed by atoms with van der Waals surface area (Å²) < 4.78 is 0. The summed E-state index contributed by atoms with van der Waals surface area (Å²) in [4.78, 5) is 16.6. The molecule has 1 amide bonds. The zero-order valence-electron chi connectivity index (χ0n) is 19.7. The third kappa shape index (κ3) is 3.78. The standard InChI is InChI=1S/C28H37N3O/c1-19(2)18-31-25(14-21-7-5-4-6-8-21)24-13-23-15-26(31)28(24,30-17-23)27(32)29-16-22-11-9-20(3)10-12-22/h4-12,19,23-26,30H,13-18H2,1-3H3,(H,29,32). The smallest absolute Gasteiger partial charge is 0.242 e. The molecule has 3 heterocycles. The fourth-order valence-electron chi connectivity index (χ4n) is 6.67. The summed E-state index contributed by atoms with van der Waals surface area (Å²) in [5.41, 5.74) is 3.33. The second-order valence-corrected chi connectivity index (χ2v) is 10.7. The van der Waals surface area contributed by atoms with E-state index in [1.165, 1.54) is 11.1 Å². The molecular formula is C28H37N3O. The third-order valence-corrected chi connectivity index (χ3v) is 8.04. The lowest BCUT2D eigenvalue weighted by atomic mass is 9.62. The highest BCUT2D eigenvalue weighted by molar-refractivity contribution is 5.89. The first-order valence-corrected chi connectivity index (χ1v) is 12.4. The SMILES string of the molecule is Cc1ccc(CNC(=O)C23NCC4CC2C(Cc2ccccc2)N(CC(C)C)C3C4)cc1. The second kappa shape index (κ2) is 8.64. The van der Waals surface area contributed by atoms with Crippen molar-refractivity contribution in [1.82, 2.24) is 15.5 Å². The largest absolute Gasteiger partial charge is 0.350 e. The average Bonchev–Trinajstić information content (AvgIpc) is 2.96. The van der Waals surface area contributed by atoms with E-state index in [0.717, 1.165) is 37.9 Å². The zero-order chi connectivity index (χ0) is 22.3. The minimum absolute atomic E-state index is 0.204. The van der Waals surface area contributed by atoms with Crippen LogP contribution >= 0.6 is 0 Å². The van der Waals surface area contributed by atoms with Gasteiger partial charge < -0.3 is 10.6 Å². The van der Waals surface area contributed by atoms with Crippen molar-refractivity contribution in [2.24, 2.45) is 17.8 Å². The van der Waals surface area contributed by atoms with Crippen LogP contribution in [0.15, 0.2) is 54.6 Å². The summed E-state index contributed by atoms with van der Waals surface area (Å²) in [6.45, 7) is 9.33. The van der Waals surface area contributed by atoms with Gasteiger partial charge in [0.1, 0.15) is 5.54 Å². The Bertz CT molecular complexity index is 941. The summed E-state index contributed by atoms with van der Waals surface area (Å²) in [6, 6.07) is 20.0. The van der Waals surface area contributed by atoms with Crippen molar-refractivity contribution in [2.75, 3.05) is 13.1 Å². The van der Waals surface area contributed by atoms with Crippen LogP contribution in [0.2, 0.25) is 0 Å². The first-order valence-electron chi connectivity index (χ1n) is 12.4.